The number of hydrogen-bond donors (Lipinski definition) is 0. The molecule has 1 saturated heterocycles. The quantitative estimate of drug-likeness (QED) is 0.830. The number of methoxy groups -OCH3 is 2. The van der Waals surface area contributed by atoms with Gasteiger partial charge < -0.3 is 14.4 Å². The molecule has 0 radical (unpaired) electrons. The van der Waals surface area contributed by atoms with Crippen molar-refractivity contribution in [2.75, 3.05) is 33.9 Å². The van der Waals surface area contributed by atoms with Crippen LogP contribution in [-0.4, -0.2) is 49.6 Å². The average Bonchev–Trinajstić information content (AvgIpc) is 2.68. The van der Waals surface area contributed by atoms with Gasteiger partial charge in [0, 0.05) is 19.6 Å². The van der Waals surface area contributed by atoms with Crippen LogP contribution in [0.1, 0.15) is 22.7 Å². The van der Waals surface area contributed by atoms with Crippen LogP contribution in [0.2, 0.25) is 0 Å². The first kappa shape index (κ1) is 17.8. The topological polar surface area (TPSA) is 42.0 Å². The van der Waals surface area contributed by atoms with E-state index in [1.165, 1.54) is 17.7 Å². The summed E-state index contributed by atoms with van der Waals surface area (Å²) in [5.74, 6) is 1.28. The number of carbonyl (C=O) groups is 1. The molecule has 1 fully saturated rings. The number of benzene rings is 2. The molecule has 6 heteroatoms. The van der Waals surface area contributed by atoms with E-state index in [0.717, 1.165) is 36.4 Å². The molecule has 2 aromatic rings. The molecule has 2 aliphatic heterocycles. The van der Waals surface area contributed by atoms with E-state index in [2.05, 4.69) is 4.90 Å². The fourth-order valence-corrected chi connectivity index (χ4v) is 4.08. The number of amides is 1. The molecule has 1 amide bonds. The van der Waals surface area contributed by atoms with Crippen LogP contribution in [0.3, 0.4) is 0 Å². The lowest BCUT2D eigenvalue weighted by Crippen LogP contribution is -2.53. The lowest BCUT2D eigenvalue weighted by Gasteiger charge is -2.44. The number of halogens is 1. The maximum absolute atomic E-state index is 13.2. The van der Waals surface area contributed by atoms with Crippen molar-refractivity contribution < 1.29 is 18.7 Å². The molecule has 1 atom stereocenters. The monoisotopic (exact) mass is 370 g/mol. The molecule has 0 saturated carbocycles. The second-order valence-electron chi connectivity index (χ2n) is 7.06. The largest absolute Gasteiger partial charge is 0.493 e. The van der Waals surface area contributed by atoms with Gasteiger partial charge in [0.2, 0.25) is 5.91 Å². The summed E-state index contributed by atoms with van der Waals surface area (Å²) in [6.07, 6.45) is 0.815. The molecular weight excluding hydrogens is 347 g/mol. The van der Waals surface area contributed by atoms with Gasteiger partial charge in [-0.15, -0.1) is 0 Å². The predicted octanol–water partition coefficient (Wildman–Crippen LogP) is 2.78. The minimum Gasteiger partial charge on any atom is -0.493 e. The molecule has 5 nitrogen and oxygen atoms in total. The molecule has 1 unspecified atom stereocenters. The number of fused-ring (bicyclic) bond motifs is 3. The third kappa shape index (κ3) is 3.37. The van der Waals surface area contributed by atoms with Gasteiger partial charge in [0.25, 0.3) is 0 Å². The number of piperazine rings is 1. The summed E-state index contributed by atoms with van der Waals surface area (Å²) >= 11 is 0. The molecule has 0 aliphatic carbocycles. The van der Waals surface area contributed by atoms with E-state index >= 15 is 0 Å². The third-order valence-corrected chi connectivity index (χ3v) is 5.43. The first-order chi connectivity index (χ1) is 13.1. The molecule has 2 aromatic carbocycles. The first-order valence-electron chi connectivity index (χ1n) is 9.10. The number of hydrogen-bond acceptors (Lipinski definition) is 4. The summed E-state index contributed by atoms with van der Waals surface area (Å²) in [5.41, 5.74) is 3.32. The smallest absolute Gasteiger partial charge is 0.237 e. The predicted molar refractivity (Wildman–Crippen MR) is 99.4 cm³/mol. The van der Waals surface area contributed by atoms with Gasteiger partial charge >= 0.3 is 0 Å². The fraction of sp³-hybridized carbons (Fsp3) is 0.381. The van der Waals surface area contributed by atoms with Crippen molar-refractivity contribution in [1.29, 1.82) is 0 Å². The molecule has 2 heterocycles. The van der Waals surface area contributed by atoms with Crippen LogP contribution in [0.5, 0.6) is 11.5 Å². The first-order valence-corrected chi connectivity index (χ1v) is 9.10. The standard InChI is InChI=1S/C21H23FN2O3/c1-26-19-9-15-7-8-24-18(17(15)10-20(19)27-2)12-23(13-21(24)25)11-14-3-5-16(22)6-4-14/h3-6,9-10,18H,7-8,11-13H2,1-2H3. The highest BCUT2D eigenvalue weighted by molar-refractivity contribution is 5.80. The molecule has 0 spiro atoms. The van der Waals surface area contributed by atoms with Crippen LogP contribution in [0.25, 0.3) is 0 Å². The Labute approximate surface area is 158 Å². The lowest BCUT2D eigenvalue weighted by molar-refractivity contribution is -0.140. The second-order valence-corrected chi connectivity index (χ2v) is 7.06. The SMILES string of the molecule is COc1cc2c(cc1OC)C1CN(Cc3ccc(F)cc3)CC(=O)N1CC2. The summed E-state index contributed by atoms with van der Waals surface area (Å²) in [6, 6.07) is 10.5. The maximum atomic E-state index is 13.2. The van der Waals surface area contributed by atoms with E-state index in [1.807, 2.05) is 17.0 Å². The van der Waals surface area contributed by atoms with Crippen molar-refractivity contribution in [2.45, 2.75) is 19.0 Å². The highest BCUT2D eigenvalue weighted by Gasteiger charge is 2.37. The molecule has 2 aliphatic rings. The minimum atomic E-state index is -0.248. The third-order valence-electron chi connectivity index (χ3n) is 5.43. The van der Waals surface area contributed by atoms with Crippen LogP contribution < -0.4 is 9.47 Å². The molecule has 27 heavy (non-hydrogen) atoms. The minimum absolute atomic E-state index is 0.00439. The van der Waals surface area contributed by atoms with Gasteiger partial charge in [-0.2, -0.15) is 0 Å². The van der Waals surface area contributed by atoms with Crippen LogP contribution in [0.4, 0.5) is 4.39 Å². The van der Waals surface area contributed by atoms with Crippen LogP contribution in [0, 0.1) is 5.82 Å². The normalized spacial score (nSPS) is 19.4. The van der Waals surface area contributed by atoms with Gasteiger partial charge in [-0.05, 0) is 47.4 Å². The summed E-state index contributed by atoms with van der Waals surface area (Å²) in [4.78, 5) is 16.8. The van der Waals surface area contributed by atoms with E-state index in [1.54, 1.807) is 26.4 Å². The van der Waals surface area contributed by atoms with Gasteiger partial charge in [0.05, 0.1) is 26.8 Å². The Kier molecular flexibility index (Phi) is 4.74. The summed E-state index contributed by atoms with van der Waals surface area (Å²) < 4.78 is 24.0. The summed E-state index contributed by atoms with van der Waals surface area (Å²) in [5, 5.41) is 0. The van der Waals surface area contributed by atoms with Gasteiger partial charge in [-0.3, -0.25) is 9.69 Å². The van der Waals surface area contributed by atoms with E-state index in [9.17, 15) is 9.18 Å². The molecule has 4 rings (SSSR count). The van der Waals surface area contributed by atoms with E-state index in [-0.39, 0.29) is 17.8 Å². The maximum Gasteiger partial charge on any atom is 0.237 e. The summed E-state index contributed by atoms with van der Waals surface area (Å²) in [7, 11) is 3.26. The Morgan fingerprint density at radius 1 is 1.11 bits per heavy atom. The van der Waals surface area contributed by atoms with Crippen molar-refractivity contribution in [1.82, 2.24) is 9.80 Å². The van der Waals surface area contributed by atoms with Gasteiger partial charge in [-0.25, -0.2) is 4.39 Å². The van der Waals surface area contributed by atoms with Gasteiger partial charge in [0.1, 0.15) is 5.82 Å². The molecule has 0 bridgehead atoms. The number of nitrogens with zero attached hydrogens (tertiary/aromatic N) is 2. The zero-order valence-electron chi connectivity index (χ0n) is 15.6. The number of rotatable bonds is 4. The van der Waals surface area contributed by atoms with Crippen molar-refractivity contribution in [3.05, 3.63) is 58.9 Å². The Morgan fingerprint density at radius 2 is 1.81 bits per heavy atom. The molecule has 142 valence electrons. The van der Waals surface area contributed by atoms with Crippen molar-refractivity contribution in [2.24, 2.45) is 0 Å². The van der Waals surface area contributed by atoms with Crippen LogP contribution >= 0.6 is 0 Å². The van der Waals surface area contributed by atoms with Crippen molar-refractivity contribution >= 4 is 5.91 Å². The molecule has 0 N–H and O–H groups in total. The van der Waals surface area contributed by atoms with E-state index in [0.29, 0.717) is 18.8 Å². The van der Waals surface area contributed by atoms with Gasteiger partial charge in [-0.1, -0.05) is 12.1 Å². The number of ether oxygens (including phenoxy) is 2. The van der Waals surface area contributed by atoms with Crippen LogP contribution in [-0.2, 0) is 17.8 Å². The van der Waals surface area contributed by atoms with Crippen LogP contribution in [0.15, 0.2) is 36.4 Å². The number of carbonyl (C=O) groups excluding carboxylic acids is 1. The highest BCUT2D eigenvalue weighted by Crippen LogP contribution is 2.39. The van der Waals surface area contributed by atoms with Crippen molar-refractivity contribution in [3.63, 3.8) is 0 Å². The Hall–Kier alpha value is -2.60. The fourth-order valence-electron chi connectivity index (χ4n) is 4.08. The van der Waals surface area contributed by atoms with E-state index in [4.69, 9.17) is 9.47 Å². The van der Waals surface area contributed by atoms with E-state index < -0.39 is 0 Å². The zero-order valence-corrected chi connectivity index (χ0v) is 15.6. The second kappa shape index (κ2) is 7.19. The lowest BCUT2D eigenvalue weighted by atomic mass is 9.90. The van der Waals surface area contributed by atoms with Crippen molar-refractivity contribution in [3.8, 4) is 11.5 Å². The summed E-state index contributed by atoms with van der Waals surface area (Å²) in [6.45, 7) is 2.47. The zero-order chi connectivity index (χ0) is 19.0. The average molecular weight is 370 g/mol. The Morgan fingerprint density at radius 3 is 2.52 bits per heavy atom. The molecular formula is C21H23FN2O3. The van der Waals surface area contributed by atoms with Gasteiger partial charge in [0.15, 0.2) is 11.5 Å². The Balaban J connectivity index is 1.62. The molecule has 0 aromatic heterocycles. The highest BCUT2D eigenvalue weighted by atomic mass is 19.1. The Bertz CT molecular complexity index is 853.